The number of aryl methyl sites for hydroxylation is 1. The Morgan fingerprint density at radius 2 is 2.33 bits per heavy atom. The highest BCUT2D eigenvalue weighted by Gasteiger charge is 2.20. The lowest BCUT2D eigenvalue weighted by Crippen LogP contribution is -2.36. The Bertz CT molecular complexity index is 391. The molecule has 4 nitrogen and oxygen atoms in total. The number of piperidine rings is 1. The van der Waals surface area contributed by atoms with Crippen LogP contribution in [0.1, 0.15) is 37.4 Å². The topological polar surface area (TPSA) is 41.1 Å². The zero-order valence-corrected chi connectivity index (χ0v) is 11.7. The Balaban J connectivity index is 2.10. The van der Waals surface area contributed by atoms with Crippen molar-refractivity contribution in [3.63, 3.8) is 0 Å². The predicted octanol–water partition coefficient (Wildman–Crippen LogP) is 2.13. The van der Waals surface area contributed by atoms with Crippen LogP contribution in [-0.4, -0.2) is 30.1 Å². The number of anilines is 1. The highest BCUT2D eigenvalue weighted by Crippen LogP contribution is 2.22. The summed E-state index contributed by atoms with van der Waals surface area (Å²) >= 11 is 0. The molecule has 1 aliphatic rings. The zero-order valence-electron chi connectivity index (χ0n) is 11.7. The van der Waals surface area contributed by atoms with Gasteiger partial charge in [-0.3, -0.25) is 0 Å². The van der Waals surface area contributed by atoms with Gasteiger partial charge in [0.15, 0.2) is 0 Å². The Hall–Kier alpha value is -1.16. The van der Waals surface area contributed by atoms with Gasteiger partial charge < -0.3 is 10.2 Å². The minimum atomic E-state index is 0.805. The Morgan fingerprint density at radius 1 is 1.50 bits per heavy atom. The molecule has 2 rings (SSSR count). The third kappa shape index (κ3) is 2.99. The second kappa shape index (κ2) is 6.14. The molecule has 2 heterocycles. The molecule has 18 heavy (non-hydrogen) atoms. The van der Waals surface area contributed by atoms with Crippen molar-refractivity contribution in [2.45, 2.75) is 39.7 Å². The van der Waals surface area contributed by atoms with Crippen LogP contribution in [-0.2, 0) is 6.54 Å². The molecule has 1 unspecified atom stereocenters. The molecule has 0 aromatic carbocycles. The molecule has 0 spiro atoms. The molecule has 0 aliphatic carbocycles. The van der Waals surface area contributed by atoms with E-state index < -0.39 is 0 Å². The number of rotatable bonds is 4. The van der Waals surface area contributed by atoms with Crippen LogP contribution in [0.5, 0.6) is 0 Å². The summed E-state index contributed by atoms with van der Waals surface area (Å²) in [5, 5.41) is 3.15. The van der Waals surface area contributed by atoms with Crippen LogP contribution in [0.3, 0.4) is 0 Å². The average molecular weight is 248 g/mol. The molecular formula is C14H24N4. The van der Waals surface area contributed by atoms with Crippen LogP contribution in [0.4, 0.5) is 5.95 Å². The monoisotopic (exact) mass is 248 g/mol. The van der Waals surface area contributed by atoms with Crippen LogP contribution in [0.15, 0.2) is 6.20 Å². The maximum Gasteiger partial charge on any atom is 0.225 e. The first-order valence-corrected chi connectivity index (χ1v) is 6.96. The predicted molar refractivity (Wildman–Crippen MR) is 74.8 cm³/mol. The van der Waals surface area contributed by atoms with E-state index in [0.717, 1.165) is 37.2 Å². The van der Waals surface area contributed by atoms with Crippen molar-refractivity contribution in [3.05, 3.63) is 17.5 Å². The van der Waals surface area contributed by atoms with Crippen LogP contribution in [0, 0.1) is 12.8 Å². The lowest BCUT2D eigenvalue weighted by atomic mass is 9.96. The molecule has 0 amide bonds. The van der Waals surface area contributed by atoms with E-state index in [1.54, 1.807) is 0 Å². The number of hydrogen-bond donors (Lipinski definition) is 1. The van der Waals surface area contributed by atoms with Crippen molar-refractivity contribution in [1.82, 2.24) is 15.3 Å². The molecule has 1 aliphatic heterocycles. The van der Waals surface area contributed by atoms with Gasteiger partial charge in [-0.25, -0.2) is 9.97 Å². The van der Waals surface area contributed by atoms with Crippen molar-refractivity contribution >= 4 is 5.95 Å². The van der Waals surface area contributed by atoms with Gasteiger partial charge in [0.25, 0.3) is 0 Å². The van der Waals surface area contributed by atoms with Crippen LogP contribution >= 0.6 is 0 Å². The number of nitrogens with one attached hydrogen (secondary N) is 1. The zero-order chi connectivity index (χ0) is 13.0. The summed E-state index contributed by atoms with van der Waals surface area (Å²) in [5.74, 6) is 1.71. The third-order valence-corrected chi connectivity index (χ3v) is 3.81. The van der Waals surface area contributed by atoms with Gasteiger partial charge in [0.2, 0.25) is 5.95 Å². The first kappa shape index (κ1) is 13.3. The van der Waals surface area contributed by atoms with Crippen LogP contribution < -0.4 is 10.2 Å². The van der Waals surface area contributed by atoms with E-state index in [4.69, 9.17) is 0 Å². The van der Waals surface area contributed by atoms with Gasteiger partial charge in [0.1, 0.15) is 0 Å². The van der Waals surface area contributed by atoms with Crippen molar-refractivity contribution < 1.29 is 0 Å². The van der Waals surface area contributed by atoms with Gasteiger partial charge in [-0.2, -0.15) is 0 Å². The van der Waals surface area contributed by atoms with E-state index in [1.165, 1.54) is 24.8 Å². The molecule has 1 saturated heterocycles. The third-order valence-electron chi connectivity index (χ3n) is 3.81. The molecule has 1 fully saturated rings. The Labute approximate surface area is 110 Å². The highest BCUT2D eigenvalue weighted by molar-refractivity contribution is 5.33. The molecule has 0 bridgehead atoms. The van der Waals surface area contributed by atoms with E-state index in [9.17, 15) is 0 Å². The van der Waals surface area contributed by atoms with Gasteiger partial charge in [-0.05, 0) is 32.7 Å². The van der Waals surface area contributed by atoms with E-state index in [0.29, 0.717) is 0 Å². The second-order valence-corrected chi connectivity index (χ2v) is 5.17. The molecule has 1 aromatic rings. The Morgan fingerprint density at radius 3 is 3.00 bits per heavy atom. The lowest BCUT2D eigenvalue weighted by Gasteiger charge is -2.32. The fourth-order valence-corrected chi connectivity index (χ4v) is 2.58. The summed E-state index contributed by atoms with van der Waals surface area (Å²) in [4.78, 5) is 11.5. The maximum absolute atomic E-state index is 4.66. The standard InChI is InChI=1S/C14H24N4/c1-4-12-6-5-7-18(10-12)14-16-9-13(8-15-3)11(2)17-14/h9,12,15H,4-8,10H2,1-3H3. The average Bonchev–Trinajstić information content (AvgIpc) is 2.41. The van der Waals surface area contributed by atoms with Gasteiger partial charge in [0, 0.05) is 37.1 Å². The summed E-state index contributed by atoms with van der Waals surface area (Å²) in [6.45, 7) is 7.39. The molecule has 1 aromatic heterocycles. The van der Waals surface area contributed by atoms with Gasteiger partial charge in [-0.15, -0.1) is 0 Å². The molecule has 4 heteroatoms. The van der Waals surface area contributed by atoms with Crippen LogP contribution in [0.2, 0.25) is 0 Å². The van der Waals surface area contributed by atoms with Gasteiger partial charge >= 0.3 is 0 Å². The molecule has 0 saturated carbocycles. The highest BCUT2D eigenvalue weighted by atomic mass is 15.3. The summed E-state index contributed by atoms with van der Waals surface area (Å²) in [6, 6.07) is 0. The summed E-state index contributed by atoms with van der Waals surface area (Å²) in [7, 11) is 1.95. The number of aromatic nitrogens is 2. The van der Waals surface area contributed by atoms with Crippen molar-refractivity contribution in [2.24, 2.45) is 5.92 Å². The van der Waals surface area contributed by atoms with E-state index >= 15 is 0 Å². The second-order valence-electron chi connectivity index (χ2n) is 5.17. The first-order chi connectivity index (χ1) is 8.74. The molecular weight excluding hydrogens is 224 g/mol. The number of nitrogens with zero attached hydrogens (tertiary/aromatic N) is 3. The van der Waals surface area contributed by atoms with Gasteiger partial charge in [-0.1, -0.05) is 13.3 Å². The normalized spacial score (nSPS) is 20.2. The van der Waals surface area contributed by atoms with E-state index in [2.05, 4.69) is 34.0 Å². The fraction of sp³-hybridized carbons (Fsp3) is 0.714. The van der Waals surface area contributed by atoms with E-state index in [1.807, 2.05) is 13.2 Å². The van der Waals surface area contributed by atoms with Crippen molar-refractivity contribution in [1.29, 1.82) is 0 Å². The minimum absolute atomic E-state index is 0.805. The summed E-state index contributed by atoms with van der Waals surface area (Å²) in [5.41, 5.74) is 2.28. The largest absolute Gasteiger partial charge is 0.341 e. The molecule has 1 N–H and O–H groups in total. The Kier molecular flexibility index (Phi) is 4.53. The summed E-state index contributed by atoms with van der Waals surface area (Å²) in [6.07, 6.45) is 5.83. The molecule has 1 atom stereocenters. The van der Waals surface area contributed by atoms with Crippen LogP contribution in [0.25, 0.3) is 0 Å². The summed E-state index contributed by atoms with van der Waals surface area (Å²) < 4.78 is 0. The lowest BCUT2D eigenvalue weighted by molar-refractivity contribution is 0.401. The smallest absolute Gasteiger partial charge is 0.225 e. The van der Waals surface area contributed by atoms with Crippen molar-refractivity contribution in [2.75, 3.05) is 25.0 Å². The first-order valence-electron chi connectivity index (χ1n) is 6.96. The van der Waals surface area contributed by atoms with Gasteiger partial charge in [0.05, 0.1) is 0 Å². The minimum Gasteiger partial charge on any atom is -0.341 e. The molecule has 100 valence electrons. The quantitative estimate of drug-likeness (QED) is 0.886. The fourth-order valence-electron chi connectivity index (χ4n) is 2.58. The van der Waals surface area contributed by atoms with Crippen molar-refractivity contribution in [3.8, 4) is 0 Å². The molecule has 0 radical (unpaired) electrons. The number of hydrogen-bond acceptors (Lipinski definition) is 4. The maximum atomic E-state index is 4.66. The SMILES string of the molecule is CCC1CCCN(c2ncc(CNC)c(C)n2)C1. The van der Waals surface area contributed by atoms with E-state index in [-0.39, 0.29) is 0 Å².